The van der Waals surface area contributed by atoms with E-state index in [9.17, 15) is 4.39 Å². The monoisotopic (exact) mass is 334 g/mol. The molecule has 0 aliphatic carbocycles. The number of benzene rings is 1. The molecular weight excluding hydrogens is 330 g/mol. The average Bonchev–Trinajstić information content (AvgIpc) is 2.28. The number of hydrogen-bond donors (Lipinski definition) is 0. The fourth-order valence-corrected chi connectivity index (χ4v) is 2.08. The SMILES string of the molecule is Fc1ccc(Cc2nc(Cl)nc(Cl)c2Br)cc1. The molecule has 0 aliphatic heterocycles. The number of nitrogens with zero attached hydrogens (tertiary/aromatic N) is 2. The number of halogens is 4. The van der Waals surface area contributed by atoms with Crippen molar-refractivity contribution in [1.29, 1.82) is 0 Å². The third-order valence-electron chi connectivity index (χ3n) is 2.14. The maximum atomic E-state index is 12.8. The van der Waals surface area contributed by atoms with Gasteiger partial charge in [0.15, 0.2) is 0 Å². The number of aromatic nitrogens is 2. The molecule has 2 aromatic rings. The molecule has 2 nitrogen and oxygen atoms in total. The van der Waals surface area contributed by atoms with E-state index in [1.54, 1.807) is 12.1 Å². The Hall–Kier alpha value is -0.710. The Morgan fingerprint density at radius 2 is 1.76 bits per heavy atom. The van der Waals surface area contributed by atoms with Gasteiger partial charge >= 0.3 is 0 Å². The Labute approximate surface area is 116 Å². The van der Waals surface area contributed by atoms with Gasteiger partial charge in [-0.15, -0.1) is 0 Å². The molecule has 17 heavy (non-hydrogen) atoms. The van der Waals surface area contributed by atoms with E-state index in [1.165, 1.54) is 12.1 Å². The van der Waals surface area contributed by atoms with Crippen LogP contribution in [0.2, 0.25) is 10.4 Å². The highest BCUT2D eigenvalue weighted by molar-refractivity contribution is 9.10. The largest absolute Gasteiger partial charge is 0.224 e. The van der Waals surface area contributed by atoms with Gasteiger partial charge in [-0.05, 0) is 45.2 Å². The van der Waals surface area contributed by atoms with Gasteiger partial charge in [0.1, 0.15) is 11.0 Å². The lowest BCUT2D eigenvalue weighted by atomic mass is 10.1. The second-order valence-corrected chi connectivity index (χ2v) is 4.84. The highest BCUT2D eigenvalue weighted by Gasteiger charge is 2.10. The van der Waals surface area contributed by atoms with Crippen LogP contribution in [-0.4, -0.2) is 9.97 Å². The molecule has 0 saturated heterocycles. The molecule has 0 unspecified atom stereocenters. The van der Waals surface area contributed by atoms with Crippen molar-refractivity contribution in [3.8, 4) is 0 Å². The molecule has 0 amide bonds. The lowest BCUT2D eigenvalue weighted by Crippen LogP contribution is -1.97. The van der Waals surface area contributed by atoms with E-state index in [2.05, 4.69) is 25.9 Å². The lowest BCUT2D eigenvalue weighted by Gasteiger charge is -2.05. The van der Waals surface area contributed by atoms with Crippen molar-refractivity contribution in [3.63, 3.8) is 0 Å². The molecule has 0 atom stereocenters. The van der Waals surface area contributed by atoms with E-state index >= 15 is 0 Å². The molecule has 88 valence electrons. The molecule has 0 spiro atoms. The van der Waals surface area contributed by atoms with Gasteiger partial charge in [0.25, 0.3) is 0 Å². The topological polar surface area (TPSA) is 25.8 Å². The second-order valence-electron chi connectivity index (χ2n) is 3.35. The Bertz CT molecular complexity index is 546. The molecular formula is C11H6BrCl2FN2. The third kappa shape index (κ3) is 3.15. The van der Waals surface area contributed by atoms with Crippen molar-refractivity contribution in [3.05, 3.63) is 56.2 Å². The van der Waals surface area contributed by atoms with Gasteiger partial charge in [-0.25, -0.2) is 14.4 Å². The molecule has 2 rings (SSSR count). The minimum atomic E-state index is -0.272. The summed E-state index contributed by atoms with van der Waals surface area (Å²) in [6.07, 6.45) is 0.503. The summed E-state index contributed by atoms with van der Waals surface area (Å²) in [6, 6.07) is 6.17. The smallest absolute Gasteiger partial charge is 0.221 e. The van der Waals surface area contributed by atoms with Gasteiger partial charge in [0, 0.05) is 6.42 Å². The van der Waals surface area contributed by atoms with E-state index in [0.717, 1.165) is 5.56 Å². The fraction of sp³-hybridized carbons (Fsp3) is 0.0909. The highest BCUT2D eigenvalue weighted by atomic mass is 79.9. The summed E-state index contributed by atoms with van der Waals surface area (Å²) >= 11 is 14.9. The van der Waals surface area contributed by atoms with E-state index in [-0.39, 0.29) is 16.3 Å². The van der Waals surface area contributed by atoms with Crippen LogP contribution in [0.4, 0.5) is 4.39 Å². The minimum absolute atomic E-state index is 0.0929. The molecule has 1 aromatic carbocycles. The van der Waals surface area contributed by atoms with Crippen LogP contribution in [0.25, 0.3) is 0 Å². The predicted octanol–water partition coefficient (Wildman–Crippen LogP) is 4.28. The highest BCUT2D eigenvalue weighted by Crippen LogP contribution is 2.26. The Balaban J connectivity index is 2.32. The summed E-state index contributed by atoms with van der Waals surface area (Å²) in [7, 11) is 0. The summed E-state index contributed by atoms with van der Waals surface area (Å²) < 4.78 is 13.4. The van der Waals surface area contributed by atoms with Crippen LogP contribution < -0.4 is 0 Å². The van der Waals surface area contributed by atoms with Crippen LogP contribution in [0.5, 0.6) is 0 Å². The van der Waals surface area contributed by atoms with Gasteiger partial charge in [-0.3, -0.25) is 0 Å². The van der Waals surface area contributed by atoms with Gasteiger partial charge in [-0.2, -0.15) is 0 Å². The van der Waals surface area contributed by atoms with E-state index in [0.29, 0.717) is 16.6 Å². The van der Waals surface area contributed by atoms with Gasteiger partial charge in [0.05, 0.1) is 10.2 Å². The number of hydrogen-bond acceptors (Lipinski definition) is 2. The Kier molecular flexibility index (Phi) is 3.97. The molecule has 0 bridgehead atoms. The minimum Gasteiger partial charge on any atom is -0.221 e. The maximum Gasteiger partial charge on any atom is 0.224 e. The zero-order valence-electron chi connectivity index (χ0n) is 8.42. The summed E-state index contributed by atoms with van der Waals surface area (Å²) in [5.74, 6) is -0.272. The zero-order chi connectivity index (χ0) is 12.4. The fourth-order valence-electron chi connectivity index (χ4n) is 1.35. The quantitative estimate of drug-likeness (QED) is 0.604. The van der Waals surface area contributed by atoms with Crippen molar-refractivity contribution in [2.45, 2.75) is 6.42 Å². The van der Waals surface area contributed by atoms with Crippen molar-refractivity contribution < 1.29 is 4.39 Å². The van der Waals surface area contributed by atoms with Crippen molar-refractivity contribution in [2.24, 2.45) is 0 Å². The van der Waals surface area contributed by atoms with E-state index < -0.39 is 0 Å². The first-order chi connectivity index (χ1) is 8.06. The summed E-state index contributed by atoms with van der Waals surface area (Å²) in [6.45, 7) is 0. The third-order valence-corrected chi connectivity index (χ3v) is 3.64. The molecule has 0 N–H and O–H groups in total. The Morgan fingerprint density at radius 3 is 2.41 bits per heavy atom. The number of rotatable bonds is 2. The first-order valence-electron chi connectivity index (χ1n) is 4.68. The molecule has 1 aromatic heterocycles. The van der Waals surface area contributed by atoms with Crippen LogP contribution in [0.3, 0.4) is 0 Å². The molecule has 1 heterocycles. The van der Waals surface area contributed by atoms with Crippen LogP contribution >= 0.6 is 39.1 Å². The predicted molar refractivity (Wildman–Crippen MR) is 69.0 cm³/mol. The van der Waals surface area contributed by atoms with Gasteiger partial charge < -0.3 is 0 Å². The molecule has 0 radical (unpaired) electrons. The van der Waals surface area contributed by atoms with Crippen LogP contribution in [0.15, 0.2) is 28.7 Å². The van der Waals surface area contributed by atoms with Crippen molar-refractivity contribution >= 4 is 39.1 Å². The zero-order valence-corrected chi connectivity index (χ0v) is 11.5. The van der Waals surface area contributed by atoms with Gasteiger partial charge in [0.2, 0.25) is 5.28 Å². The summed E-state index contributed by atoms with van der Waals surface area (Å²) in [5.41, 5.74) is 1.58. The molecule has 0 saturated carbocycles. The maximum absolute atomic E-state index is 12.8. The summed E-state index contributed by atoms with van der Waals surface area (Å²) in [5, 5.41) is 0.359. The van der Waals surface area contributed by atoms with Crippen LogP contribution in [-0.2, 0) is 6.42 Å². The second kappa shape index (κ2) is 5.29. The first kappa shape index (κ1) is 12.7. The van der Waals surface area contributed by atoms with Crippen molar-refractivity contribution in [1.82, 2.24) is 9.97 Å². The van der Waals surface area contributed by atoms with Crippen LogP contribution in [0.1, 0.15) is 11.3 Å². The molecule has 6 heteroatoms. The standard InChI is InChI=1S/C11H6BrCl2FN2/c12-9-8(16-11(14)17-10(9)13)5-6-1-3-7(15)4-2-6/h1-4H,5H2. The molecule has 0 fully saturated rings. The Morgan fingerprint density at radius 1 is 1.12 bits per heavy atom. The normalized spacial score (nSPS) is 10.6. The van der Waals surface area contributed by atoms with Gasteiger partial charge in [-0.1, -0.05) is 23.7 Å². The lowest BCUT2D eigenvalue weighted by molar-refractivity contribution is 0.627. The van der Waals surface area contributed by atoms with Crippen molar-refractivity contribution in [2.75, 3.05) is 0 Å². The molecule has 0 aliphatic rings. The average molecular weight is 336 g/mol. The van der Waals surface area contributed by atoms with E-state index in [1.807, 2.05) is 0 Å². The van der Waals surface area contributed by atoms with Crippen LogP contribution in [0, 0.1) is 5.82 Å². The first-order valence-corrected chi connectivity index (χ1v) is 6.23. The summed E-state index contributed by atoms with van der Waals surface area (Å²) in [4.78, 5) is 7.88. The van der Waals surface area contributed by atoms with E-state index in [4.69, 9.17) is 23.2 Å².